The lowest BCUT2D eigenvalue weighted by molar-refractivity contribution is -0.385. The Balaban J connectivity index is 3.04. The number of nitrogens with zero attached hydrogens (tertiary/aromatic N) is 1. The number of ether oxygens (including phenoxy) is 1. The van der Waals surface area contributed by atoms with E-state index in [2.05, 4.69) is 5.32 Å². The van der Waals surface area contributed by atoms with Crippen LogP contribution in [-0.4, -0.2) is 35.2 Å². The minimum Gasteiger partial charge on any atom is -0.496 e. The lowest BCUT2D eigenvalue weighted by atomic mass is 9.97. The van der Waals surface area contributed by atoms with Gasteiger partial charge in [0.2, 0.25) is 0 Å². The van der Waals surface area contributed by atoms with E-state index >= 15 is 0 Å². The molecule has 1 aromatic rings. The third kappa shape index (κ3) is 3.91. The van der Waals surface area contributed by atoms with Crippen molar-refractivity contribution in [3.05, 3.63) is 33.9 Å². The van der Waals surface area contributed by atoms with E-state index in [1.165, 1.54) is 25.3 Å². The molecule has 0 fully saturated rings. The first-order valence-corrected chi connectivity index (χ1v) is 6.70. The Hall–Kier alpha value is -2.15. The number of amides is 1. The van der Waals surface area contributed by atoms with E-state index in [1.54, 1.807) is 13.8 Å². The number of carbonyl (C=O) groups is 1. The van der Waals surface area contributed by atoms with Crippen LogP contribution in [0, 0.1) is 10.1 Å². The number of carbonyl (C=O) groups excluding carboxylic acids is 1. The number of nitro groups is 1. The highest BCUT2D eigenvalue weighted by atomic mass is 16.6. The molecule has 0 saturated carbocycles. The summed E-state index contributed by atoms with van der Waals surface area (Å²) in [4.78, 5) is 22.6. The summed E-state index contributed by atoms with van der Waals surface area (Å²) >= 11 is 0. The lowest BCUT2D eigenvalue weighted by Gasteiger charge is -2.25. The van der Waals surface area contributed by atoms with Crippen LogP contribution in [-0.2, 0) is 0 Å². The second-order valence-corrected chi connectivity index (χ2v) is 4.73. The van der Waals surface area contributed by atoms with Crippen LogP contribution in [0.1, 0.15) is 37.0 Å². The standard InChI is InChI=1S/C14H20N2O5/c1-4-14(18,5-2)9-15-13(17)12-10(16(19)20)7-6-8-11(12)21-3/h6-8,18H,4-5,9H2,1-3H3,(H,15,17). The molecule has 0 unspecified atom stereocenters. The normalized spacial score (nSPS) is 11.0. The largest absolute Gasteiger partial charge is 0.496 e. The number of hydrogen-bond donors (Lipinski definition) is 2. The zero-order valence-electron chi connectivity index (χ0n) is 12.4. The van der Waals surface area contributed by atoms with Crippen LogP contribution in [0.25, 0.3) is 0 Å². The SMILES string of the molecule is CCC(O)(CC)CNC(=O)c1c(OC)cccc1[N+](=O)[O-]. The average molecular weight is 296 g/mol. The van der Waals surface area contributed by atoms with Gasteiger partial charge in [-0.05, 0) is 18.9 Å². The lowest BCUT2D eigenvalue weighted by Crippen LogP contribution is -2.42. The summed E-state index contributed by atoms with van der Waals surface area (Å²) in [7, 11) is 1.34. The molecule has 1 amide bonds. The zero-order valence-corrected chi connectivity index (χ0v) is 12.4. The molecule has 7 heteroatoms. The molecular weight excluding hydrogens is 276 g/mol. The summed E-state index contributed by atoms with van der Waals surface area (Å²) in [5, 5.41) is 23.7. The molecule has 0 aliphatic heterocycles. The van der Waals surface area contributed by atoms with Crippen molar-refractivity contribution >= 4 is 11.6 Å². The fourth-order valence-electron chi connectivity index (χ4n) is 1.90. The minimum absolute atomic E-state index is 0.0219. The van der Waals surface area contributed by atoms with Gasteiger partial charge in [0.15, 0.2) is 5.56 Å². The molecule has 21 heavy (non-hydrogen) atoms. The minimum atomic E-state index is -1.02. The van der Waals surface area contributed by atoms with Crippen molar-refractivity contribution in [2.24, 2.45) is 0 Å². The average Bonchev–Trinajstić information content (AvgIpc) is 2.51. The van der Waals surface area contributed by atoms with Gasteiger partial charge in [-0.15, -0.1) is 0 Å². The Morgan fingerprint density at radius 2 is 2.05 bits per heavy atom. The van der Waals surface area contributed by atoms with Crippen LogP contribution in [0.5, 0.6) is 5.75 Å². The summed E-state index contributed by atoms with van der Waals surface area (Å²) < 4.78 is 5.01. The van der Waals surface area contributed by atoms with Gasteiger partial charge in [0.25, 0.3) is 11.6 Å². The second kappa shape index (κ2) is 7.03. The summed E-state index contributed by atoms with van der Waals surface area (Å²) in [5.74, 6) is -0.516. The molecule has 0 aliphatic carbocycles. The fraction of sp³-hybridized carbons (Fsp3) is 0.500. The Kier molecular flexibility index (Phi) is 5.66. The smallest absolute Gasteiger partial charge is 0.285 e. The third-order valence-corrected chi connectivity index (χ3v) is 3.54. The van der Waals surface area contributed by atoms with Crippen molar-refractivity contribution in [3.63, 3.8) is 0 Å². The van der Waals surface area contributed by atoms with Crippen molar-refractivity contribution in [1.29, 1.82) is 0 Å². The predicted octanol–water partition coefficient (Wildman–Crippen LogP) is 1.88. The van der Waals surface area contributed by atoms with Crippen molar-refractivity contribution in [2.75, 3.05) is 13.7 Å². The molecule has 0 atom stereocenters. The van der Waals surface area contributed by atoms with Crippen molar-refractivity contribution < 1.29 is 19.6 Å². The van der Waals surface area contributed by atoms with Crippen LogP contribution in [0.4, 0.5) is 5.69 Å². The monoisotopic (exact) mass is 296 g/mol. The Morgan fingerprint density at radius 3 is 2.52 bits per heavy atom. The van der Waals surface area contributed by atoms with E-state index in [-0.39, 0.29) is 23.5 Å². The van der Waals surface area contributed by atoms with Gasteiger partial charge < -0.3 is 15.2 Å². The molecular formula is C14H20N2O5. The first-order chi connectivity index (χ1) is 9.88. The number of nitro benzene ring substituents is 1. The number of nitrogens with one attached hydrogen (secondary N) is 1. The second-order valence-electron chi connectivity index (χ2n) is 4.73. The van der Waals surface area contributed by atoms with Gasteiger partial charge in [-0.25, -0.2) is 0 Å². The van der Waals surface area contributed by atoms with Gasteiger partial charge in [0, 0.05) is 12.6 Å². The third-order valence-electron chi connectivity index (χ3n) is 3.54. The van der Waals surface area contributed by atoms with E-state index in [0.717, 1.165) is 0 Å². The number of methoxy groups -OCH3 is 1. The Morgan fingerprint density at radius 1 is 1.43 bits per heavy atom. The molecule has 0 aliphatic rings. The van der Waals surface area contributed by atoms with Crippen LogP contribution in [0.15, 0.2) is 18.2 Å². The summed E-state index contributed by atoms with van der Waals surface area (Å²) in [6, 6.07) is 4.17. The highest BCUT2D eigenvalue weighted by molar-refractivity contribution is 6.00. The van der Waals surface area contributed by atoms with Crippen molar-refractivity contribution in [2.45, 2.75) is 32.3 Å². The zero-order chi connectivity index (χ0) is 16.0. The van der Waals surface area contributed by atoms with E-state index < -0.39 is 16.4 Å². The molecule has 0 aromatic heterocycles. The molecule has 0 spiro atoms. The van der Waals surface area contributed by atoms with Crippen LogP contribution >= 0.6 is 0 Å². The molecule has 116 valence electrons. The van der Waals surface area contributed by atoms with Crippen LogP contribution < -0.4 is 10.1 Å². The number of hydrogen-bond acceptors (Lipinski definition) is 5. The van der Waals surface area contributed by atoms with Gasteiger partial charge >= 0.3 is 0 Å². The maximum absolute atomic E-state index is 12.2. The van der Waals surface area contributed by atoms with Gasteiger partial charge in [-0.2, -0.15) is 0 Å². The highest BCUT2D eigenvalue weighted by Crippen LogP contribution is 2.28. The van der Waals surface area contributed by atoms with E-state index in [1.807, 2.05) is 0 Å². The summed E-state index contributed by atoms with van der Waals surface area (Å²) in [6.07, 6.45) is 0.940. The molecule has 0 bridgehead atoms. The van der Waals surface area contributed by atoms with E-state index in [0.29, 0.717) is 12.8 Å². The molecule has 7 nitrogen and oxygen atoms in total. The van der Waals surface area contributed by atoms with Gasteiger partial charge in [0.1, 0.15) is 5.75 Å². The van der Waals surface area contributed by atoms with Gasteiger partial charge in [-0.3, -0.25) is 14.9 Å². The Labute approximate surface area is 123 Å². The van der Waals surface area contributed by atoms with Gasteiger partial charge in [-0.1, -0.05) is 19.9 Å². The number of benzene rings is 1. The highest BCUT2D eigenvalue weighted by Gasteiger charge is 2.28. The molecule has 0 radical (unpaired) electrons. The summed E-state index contributed by atoms with van der Waals surface area (Å²) in [6.45, 7) is 3.64. The van der Waals surface area contributed by atoms with Gasteiger partial charge in [0.05, 0.1) is 17.6 Å². The fourth-order valence-corrected chi connectivity index (χ4v) is 1.90. The van der Waals surface area contributed by atoms with Crippen LogP contribution in [0.2, 0.25) is 0 Å². The van der Waals surface area contributed by atoms with Crippen molar-refractivity contribution in [1.82, 2.24) is 5.32 Å². The quantitative estimate of drug-likeness (QED) is 0.591. The molecule has 0 heterocycles. The van der Waals surface area contributed by atoms with Crippen LogP contribution in [0.3, 0.4) is 0 Å². The number of rotatable bonds is 7. The molecule has 1 rings (SSSR count). The first-order valence-electron chi connectivity index (χ1n) is 6.70. The molecule has 0 saturated heterocycles. The first kappa shape index (κ1) is 16.9. The van der Waals surface area contributed by atoms with E-state index in [4.69, 9.17) is 4.74 Å². The Bertz CT molecular complexity index is 526. The maximum Gasteiger partial charge on any atom is 0.285 e. The predicted molar refractivity (Wildman–Crippen MR) is 77.5 cm³/mol. The molecule has 1 aromatic carbocycles. The molecule has 2 N–H and O–H groups in total. The summed E-state index contributed by atoms with van der Waals surface area (Å²) in [5.41, 5.74) is -1.49. The topological polar surface area (TPSA) is 102 Å². The van der Waals surface area contributed by atoms with E-state index in [9.17, 15) is 20.0 Å². The van der Waals surface area contributed by atoms with Crippen molar-refractivity contribution in [3.8, 4) is 5.75 Å². The maximum atomic E-state index is 12.2. The number of aliphatic hydroxyl groups is 1.